The number of piperidine rings is 1. The molecule has 6 heteroatoms. The number of amides is 1. The lowest BCUT2D eigenvalue weighted by Gasteiger charge is -2.23. The number of nitrogens with zero attached hydrogens (tertiary/aromatic N) is 1. The van der Waals surface area contributed by atoms with Crippen molar-refractivity contribution in [2.75, 3.05) is 13.1 Å². The van der Waals surface area contributed by atoms with E-state index in [4.69, 9.17) is 4.42 Å². The summed E-state index contributed by atoms with van der Waals surface area (Å²) in [5.41, 5.74) is 1.25. The largest absolute Gasteiger partial charge is 0.444 e. The van der Waals surface area contributed by atoms with Gasteiger partial charge in [-0.3, -0.25) is 4.79 Å². The molecule has 2 aromatic rings. The van der Waals surface area contributed by atoms with Crippen LogP contribution in [-0.2, 0) is 11.2 Å². The Bertz CT molecular complexity index is 633. The number of nitrogens with one attached hydrogen (secondary N) is 2. The maximum absolute atomic E-state index is 12.9. The van der Waals surface area contributed by atoms with Crippen LogP contribution in [0.3, 0.4) is 0 Å². The number of hydrogen-bond acceptors (Lipinski definition) is 4. The minimum Gasteiger partial charge on any atom is -0.444 e. The molecule has 1 aliphatic heterocycles. The summed E-state index contributed by atoms with van der Waals surface area (Å²) in [4.78, 5) is 16.3. The second-order valence-corrected chi connectivity index (χ2v) is 5.44. The molecule has 1 aliphatic rings. The molecule has 0 aliphatic carbocycles. The second-order valence-electron chi connectivity index (χ2n) is 5.44. The number of oxazole rings is 1. The number of halogens is 1. The molecule has 2 N–H and O–H groups in total. The highest BCUT2D eigenvalue weighted by Crippen LogP contribution is 2.19. The van der Waals surface area contributed by atoms with Crippen LogP contribution in [0.15, 0.2) is 34.9 Å². The van der Waals surface area contributed by atoms with Crippen molar-refractivity contribution in [2.45, 2.75) is 25.3 Å². The van der Waals surface area contributed by atoms with Gasteiger partial charge in [0.25, 0.3) is 0 Å². The smallest absolute Gasteiger partial charge is 0.226 e. The Hall–Kier alpha value is -2.21. The highest BCUT2D eigenvalue weighted by atomic mass is 19.1. The Morgan fingerprint density at radius 3 is 2.95 bits per heavy atom. The fraction of sp³-hybridized carbons (Fsp3) is 0.375. The highest BCUT2D eigenvalue weighted by Gasteiger charge is 2.17. The minimum absolute atomic E-state index is 0.0624. The predicted molar refractivity (Wildman–Crippen MR) is 79.6 cm³/mol. The molecule has 1 unspecified atom stereocenters. The molecule has 1 aromatic heterocycles. The summed E-state index contributed by atoms with van der Waals surface area (Å²) in [6.07, 6.45) is 3.72. The lowest BCUT2D eigenvalue weighted by atomic mass is 10.1. The van der Waals surface area contributed by atoms with Crippen LogP contribution in [0.25, 0.3) is 11.5 Å². The molecule has 0 saturated carbocycles. The van der Waals surface area contributed by atoms with E-state index >= 15 is 0 Å². The molecule has 5 nitrogen and oxygen atoms in total. The lowest BCUT2D eigenvalue weighted by Crippen LogP contribution is -2.46. The van der Waals surface area contributed by atoms with Gasteiger partial charge in [-0.15, -0.1) is 0 Å². The highest BCUT2D eigenvalue weighted by molar-refractivity contribution is 5.78. The molecule has 1 amide bonds. The van der Waals surface area contributed by atoms with Crippen LogP contribution >= 0.6 is 0 Å². The minimum atomic E-state index is -0.309. The number of rotatable bonds is 4. The van der Waals surface area contributed by atoms with Gasteiger partial charge >= 0.3 is 0 Å². The molecule has 0 bridgehead atoms. The van der Waals surface area contributed by atoms with Crippen molar-refractivity contribution in [1.82, 2.24) is 15.6 Å². The monoisotopic (exact) mass is 303 g/mol. The first kappa shape index (κ1) is 14.7. The van der Waals surface area contributed by atoms with Crippen LogP contribution in [0.5, 0.6) is 0 Å². The molecular formula is C16H18FN3O2. The third-order valence-corrected chi connectivity index (χ3v) is 3.65. The topological polar surface area (TPSA) is 67.2 Å². The van der Waals surface area contributed by atoms with Gasteiger partial charge in [0.2, 0.25) is 11.8 Å². The zero-order valence-corrected chi connectivity index (χ0v) is 12.1. The van der Waals surface area contributed by atoms with E-state index in [9.17, 15) is 9.18 Å². The Balaban J connectivity index is 1.59. The van der Waals surface area contributed by atoms with Crippen molar-refractivity contribution in [1.29, 1.82) is 0 Å². The molecule has 116 valence electrons. The van der Waals surface area contributed by atoms with Gasteiger partial charge in [0, 0.05) is 18.2 Å². The van der Waals surface area contributed by atoms with E-state index in [0.29, 0.717) is 17.1 Å². The van der Waals surface area contributed by atoms with E-state index in [-0.39, 0.29) is 24.2 Å². The van der Waals surface area contributed by atoms with Crippen molar-refractivity contribution >= 4 is 5.91 Å². The summed E-state index contributed by atoms with van der Waals surface area (Å²) >= 11 is 0. The molecule has 0 radical (unpaired) electrons. The van der Waals surface area contributed by atoms with Crippen molar-refractivity contribution in [3.05, 3.63) is 42.0 Å². The van der Waals surface area contributed by atoms with Gasteiger partial charge < -0.3 is 15.1 Å². The number of carbonyl (C=O) groups is 1. The predicted octanol–water partition coefficient (Wildman–Crippen LogP) is 1.89. The number of aromatic nitrogens is 1. The Kier molecular flexibility index (Phi) is 4.48. The average Bonchev–Trinajstić information content (AvgIpc) is 2.97. The molecular weight excluding hydrogens is 285 g/mol. The van der Waals surface area contributed by atoms with E-state index in [1.807, 2.05) is 0 Å². The van der Waals surface area contributed by atoms with Crippen LogP contribution < -0.4 is 10.6 Å². The van der Waals surface area contributed by atoms with E-state index in [2.05, 4.69) is 15.6 Å². The molecule has 3 rings (SSSR count). The number of hydrogen-bond donors (Lipinski definition) is 2. The summed E-state index contributed by atoms with van der Waals surface area (Å²) in [7, 11) is 0. The fourth-order valence-electron chi connectivity index (χ4n) is 2.53. The molecule has 1 saturated heterocycles. The van der Waals surface area contributed by atoms with Gasteiger partial charge in [-0.25, -0.2) is 9.37 Å². The van der Waals surface area contributed by atoms with Gasteiger partial charge in [-0.05, 0) is 43.7 Å². The fourth-order valence-corrected chi connectivity index (χ4v) is 2.53. The molecule has 1 fully saturated rings. The molecule has 1 atom stereocenters. The Labute approximate surface area is 127 Å². The second kappa shape index (κ2) is 6.70. The normalized spacial score (nSPS) is 18.1. The summed E-state index contributed by atoms with van der Waals surface area (Å²) < 4.78 is 18.2. The Morgan fingerprint density at radius 1 is 1.41 bits per heavy atom. The van der Waals surface area contributed by atoms with Crippen molar-refractivity contribution in [3.63, 3.8) is 0 Å². The van der Waals surface area contributed by atoms with Crippen LogP contribution in [-0.4, -0.2) is 30.0 Å². The summed E-state index contributed by atoms with van der Waals surface area (Å²) in [6.45, 7) is 1.82. The third-order valence-electron chi connectivity index (χ3n) is 3.65. The van der Waals surface area contributed by atoms with Crippen molar-refractivity contribution in [2.24, 2.45) is 0 Å². The zero-order valence-electron chi connectivity index (χ0n) is 12.1. The van der Waals surface area contributed by atoms with Gasteiger partial charge in [0.1, 0.15) is 12.1 Å². The molecule has 2 heterocycles. The lowest BCUT2D eigenvalue weighted by molar-refractivity contribution is -0.121. The molecule has 22 heavy (non-hydrogen) atoms. The first-order chi connectivity index (χ1) is 10.7. The number of carbonyl (C=O) groups excluding carboxylic acids is 1. The Morgan fingerprint density at radius 2 is 2.23 bits per heavy atom. The molecule has 1 aromatic carbocycles. The summed E-state index contributed by atoms with van der Waals surface area (Å²) in [5, 5.41) is 6.25. The van der Waals surface area contributed by atoms with Gasteiger partial charge in [-0.2, -0.15) is 0 Å². The summed E-state index contributed by atoms with van der Waals surface area (Å²) in [6, 6.07) is 6.08. The van der Waals surface area contributed by atoms with Crippen molar-refractivity contribution < 1.29 is 13.6 Å². The van der Waals surface area contributed by atoms with E-state index < -0.39 is 0 Å². The van der Waals surface area contributed by atoms with Crippen molar-refractivity contribution in [3.8, 4) is 11.5 Å². The maximum Gasteiger partial charge on any atom is 0.226 e. The van der Waals surface area contributed by atoms with E-state index in [1.54, 1.807) is 12.1 Å². The SMILES string of the molecule is O=C(Cc1coc(-c2ccc(F)cc2)n1)NC1CCCNC1. The summed E-state index contributed by atoms with van der Waals surface area (Å²) in [5.74, 6) is 0.0192. The van der Waals surface area contributed by atoms with Crippen LogP contribution in [0, 0.1) is 5.82 Å². The van der Waals surface area contributed by atoms with Gasteiger partial charge in [0.05, 0.1) is 12.1 Å². The quantitative estimate of drug-likeness (QED) is 0.905. The van der Waals surface area contributed by atoms with Gasteiger partial charge in [0.15, 0.2) is 0 Å². The average molecular weight is 303 g/mol. The maximum atomic E-state index is 12.9. The first-order valence-electron chi connectivity index (χ1n) is 7.41. The van der Waals surface area contributed by atoms with Gasteiger partial charge in [-0.1, -0.05) is 0 Å². The zero-order chi connectivity index (χ0) is 15.4. The third kappa shape index (κ3) is 3.71. The van der Waals surface area contributed by atoms with E-state index in [0.717, 1.165) is 25.9 Å². The van der Waals surface area contributed by atoms with Crippen LogP contribution in [0.1, 0.15) is 18.5 Å². The first-order valence-corrected chi connectivity index (χ1v) is 7.41. The number of benzene rings is 1. The van der Waals surface area contributed by atoms with Crippen LogP contribution in [0.2, 0.25) is 0 Å². The van der Waals surface area contributed by atoms with E-state index in [1.165, 1.54) is 18.4 Å². The standard InChI is InChI=1S/C16H18FN3O2/c17-12-5-3-11(4-6-12)16-20-14(10-22-16)8-15(21)19-13-2-1-7-18-9-13/h3-6,10,13,18H,1-2,7-9H2,(H,19,21). The van der Waals surface area contributed by atoms with Crippen LogP contribution in [0.4, 0.5) is 4.39 Å². The molecule has 0 spiro atoms.